The van der Waals surface area contributed by atoms with Crippen molar-refractivity contribution in [2.24, 2.45) is 0 Å². The number of carboxylic acid groups (broad SMARTS) is 2. The molecule has 0 fully saturated rings. The zero-order valence-electron chi connectivity index (χ0n) is 15.1. The van der Waals surface area contributed by atoms with E-state index < -0.39 is 11.9 Å². The molecule has 0 atom stereocenters. The predicted molar refractivity (Wildman–Crippen MR) is 105 cm³/mol. The van der Waals surface area contributed by atoms with Crippen LogP contribution in [0.25, 0.3) is 0 Å². The third-order valence-corrected chi connectivity index (χ3v) is 3.56. The Morgan fingerprint density at radius 1 is 1.11 bits per heavy atom. The van der Waals surface area contributed by atoms with Crippen molar-refractivity contribution in [2.45, 2.75) is 6.54 Å². The summed E-state index contributed by atoms with van der Waals surface area (Å²) in [5, 5.41) is 15.6. The minimum Gasteiger partial charge on any atom is -0.478 e. The molecular weight excluding hydrogens is 418 g/mol. The third kappa shape index (κ3) is 10.2. The molecule has 146 valence electrons. The molecule has 0 saturated heterocycles. The molecule has 0 aromatic carbocycles. The highest BCUT2D eigenvalue weighted by molar-refractivity contribution is 9.10. The molecule has 9 heteroatoms. The Morgan fingerprint density at radius 3 is 2.22 bits per heavy atom. The van der Waals surface area contributed by atoms with E-state index in [4.69, 9.17) is 14.6 Å². The van der Waals surface area contributed by atoms with Crippen molar-refractivity contribution in [3.05, 3.63) is 59.1 Å². The summed E-state index contributed by atoms with van der Waals surface area (Å²) >= 11 is 3.33. The molecule has 8 nitrogen and oxygen atoms in total. The van der Waals surface area contributed by atoms with Crippen molar-refractivity contribution in [3.63, 3.8) is 0 Å². The number of aliphatic carboxylic acids is 2. The molecule has 2 aromatic rings. The largest absolute Gasteiger partial charge is 0.478 e. The molecule has 0 spiro atoms. The number of rotatable bonds is 8. The van der Waals surface area contributed by atoms with E-state index in [1.807, 2.05) is 36.5 Å². The highest BCUT2D eigenvalue weighted by atomic mass is 79.9. The molecule has 2 heterocycles. The minimum atomic E-state index is -1.26. The summed E-state index contributed by atoms with van der Waals surface area (Å²) in [4.78, 5) is 27.9. The quantitative estimate of drug-likeness (QED) is 0.604. The number of aromatic nitrogens is 1. The van der Waals surface area contributed by atoms with Crippen LogP contribution >= 0.6 is 15.9 Å². The summed E-state index contributed by atoms with van der Waals surface area (Å²) < 4.78 is 6.34. The number of hydrogen-bond acceptors (Lipinski definition) is 6. The molecular formula is C18H22BrN3O5. The van der Waals surface area contributed by atoms with Gasteiger partial charge in [-0.25, -0.2) is 14.6 Å². The van der Waals surface area contributed by atoms with Gasteiger partial charge in [-0.05, 0) is 54.3 Å². The normalized spacial score (nSPS) is 10.5. The summed E-state index contributed by atoms with van der Waals surface area (Å²) in [6, 6.07) is 9.85. The molecule has 0 aliphatic heterocycles. The first-order valence-corrected chi connectivity index (χ1v) is 8.76. The molecule has 0 amide bonds. The maximum atomic E-state index is 9.55. The Balaban J connectivity index is 0.000000387. The minimum absolute atomic E-state index is 0.558. The van der Waals surface area contributed by atoms with Crippen LogP contribution in [0, 0.1) is 0 Å². The second-order valence-electron chi connectivity index (χ2n) is 5.63. The van der Waals surface area contributed by atoms with Gasteiger partial charge in [0.15, 0.2) is 4.67 Å². The van der Waals surface area contributed by atoms with Crippen LogP contribution in [0.2, 0.25) is 0 Å². The van der Waals surface area contributed by atoms with Crippen molar-refractivity contribution in [1.29, 1.82) is 0 Å². The summed E-state index contributed by atoms with van der Waals surface area (Å²) in [6.07, 6.45) is 2.93. The second kappa shape index (κ2) is 11.9. The van der Waals surface area contributed by atoms with E-state index in [0.29, 0.717) is 12.2 Å². The van der Waals surface area contributed by atoms with E-state index in [1.54, 1.807) is 0 Å². The number of pyridine rings is 1. The van der Waals surface area contributed by atoms with Crippen molar-refractivity contribution in [2.75, 3.05) is 32.1 Å². The lowest BCUT2D eigenvalue weighted by Gasteiger charge is -2.24. The third-order valence-electron chi connectivity index (χ3n) is 3.13. The average Bonchev–Trinajstić information content (AvgIpc) is 3.03. The van der Waals surface area contributed by atoms with Gasteiger partial charge in [0.2, 0.25) is 0 Å². The van der Waals surface area contributed by atoms with Gasteiger partial charge in [-0.3, -0.25) is 0 Å². The number of hydrogen-bond donors (Lipinski definition) is 2. The standard InChI is InChI=1S/C14H18BrN3O.C4H4O4/c1-17(2)9-10-18(14-5-3-4-8-16-14)11-12-6-7-13(15)19-12;5-3(6)1-2-4(7)8/h3-8H,9-11H2,1-2H3;1-2H,(H,5,6)(H,7,8)/b;2-1+. The van der Waals surface area contributed by atoms with E-state index in [1.165, 1.54) is 0 Å². The number of anilines is 1. The highest BCUT2D eigenvalue weighted by Crippen LogP contribution is 2.18. The van der Waals surface area contributed by atoms with Gasteiger partial charge in [-0.15, -0.1) is 0 Å². The maximum absolute atomic E-state index is 9.55. The Labute approximate surface area is 165 Å². The van der Waals surface area contributed by atoms with Crippen molar-refractivity contribution in [3.8, 4) is 0 Å². The molecule has 2 aromatic heterocycles. The first-order valence-electron chi connectivity index (χ1n) is 7.96. The number of furan rings is 1. The van der Waals surface area contributed by atoms with Crippen molar-refractivity contribution in [1.82, 2.24) is 9.88 Å². The fourth-order valence-electron chi connectivity index (χ4n) is 1.90. The maximum Gasteiger partial charge on any atom is 0.328 e. The van der Waals surface area contributed by atoms with Crippen molar-refractivity contribution < 1.29 is 24.2 Å². The lowest BCUT2D eigenvalue weighted by Crippen LogP contribution is -2.31. The fourth-order valence-corrected chi connectivity index (χ4v) is 2.24. The lowest BCUT2D eigenvalue weighted by molar-refractivity contribution is -0.134. The van der Waals surface area contributed by atoms with Gasteiger partial charge in [0.25, 0.3) is 0 Å². The Bertz CT molecular complexity index is 730. The van der Waals surface area contributed by atoms with E-state index in [-0.39, 0.29) is 0 Å². The zero-order valence-corrected chi connectivity index (χ0v) is 16.7. The van der Waals surface area contributed by atoms with Crippen molar-refractivity contribution >= 4 is 33.7 Å². The summed E-state index contributed by atoms with van der Waals surface area (Å²) in [5.74, 6) is -0.618. The SMILES string of the molecule is CN(C)CCN(Cc1ccc(Br)o1)c1ccccn1.O=C(O)/C=C/C(=O)O. The van der Waals surface area contributed by atoms with Gasteiger partial charge in [0.1, 0.15) is 11.6 Å². The van der Waals surface area contributed by atoms with Crippen LogP contribution < -0.4 is 4.90 Å². The molecule has 0 unspecified atom stereocenters. The van der Waals surface area contributed by atoms with Crippen LogP contribution in [0.4, 0.5) is 5.82 Å². The average molecular weight is 440 g/mol. The second-order valence-corrected chi connectivity index (χ2v) is 6.41. The van der Waals surface area contributed by atoms with Crippen LogP contribution in [0.15, 0.2) is 57.8 Å². The Hall–Kier alpha value is -2.65. The number of halogens is 1. The number of carboxylic acids is 2. The molecule has 0 aliphatic rings. The van der Waals surface area contributed by atoms with E-state index in [0.717, 1.165) is 35.9 Å². The molecule has 2 rings (SSSR count). The molecule has 0 aliphatic carbocycles. The number of carbonyl (C=O) groups is 2. The van der Waals surface area contributed by atoms with Gasteiger partial charge in [0, 0.05) is 31.4 Å². The van der Waals surface area contributed by atoms with Crippen LogP contribution in [0.5, 0.6) is 0 Å². The molecule has 2 N–H and O–H groups in total. The van der Waals surface area contributed by atoms with Gasteiger partial charge in [0.05, 0.1) is 6.54 Å². The summed E-state index contributed by atoms with van der Waals surface area (Å²) in [7, 11) is 4.14. The van der Waals surface area contributed by atoms with Crippen LogP contribution in [0.1, 0.15) is 5.76 Å². The van der Waals surface area contributed by atoms with Gasteiger partial charge in [-0.1, -0.05) is 6.07 Å². The first-order chi connectivity index (χ1) is 12.8. The summed E-state index contributed by atoms with van der Waals surface area (Å²) in [6.45, 7) is 2.59. The molecule has 0 saturated carbocycles. The molecule has 0 bridgehead atoms. The van der Waals surface area contributed by atoms with Crippen LogP contribution in [-0.4, -0.2) is 59.2 Å². The number of likely N-dealkylation sites (N-methyl/N-ethyl adjacent to an activating group) is 1. The van der Waals surface area contributed by atoms with Crippen LogP contribution in [0.3, 0.4) is 0 Å². The molecule has 0 radical (unpaired) electrons. The van der Waals surface area contributed by atoms with Crippen LogP contribution in [-0.2, 0) is 16.1 Å². The molecule has 27 heavy (non-hydrogen) atoms. The van der Waals surface area contributed by atoms with E-state index in [2.05, 4.69) is 44.8 Å². The number of nitrogens with zero attached hydrogens (tertiary/aromatic N) is 3. The Morgan fingerprint density at radius 2 is 1.78 bits per heavy atom. The lowest BCUT2D eigenvalue weighted by atomic mass is 10.3. The zero-order chi connectivity index (χ0) is 20.2. The van der Waals surface area contributed by atoms with Gasteiger partial charge >= 0.3 is 11.9 Å². The smallest absolute Gasteiger partial charge is 0.328 e. The topological polar surface area (TPSA) is 107 Å². The predicted octanol–water partition coefficient (Wildman–Crippen LogP) is 2.72. The summed E-state index contributed by atoms with van der Waals surface area (Å²) in [5.41, 5.74) is 0. The van der Waals surface area contributed by atoms with E-state index in [9.17, 15) is 9.59 Å². The monoisotopic (exact) mass is 439 g/mol. The van der Waals surface area contributed by atoms with Gasteiger partial charge in [-0.2, -0.15) is 0 Å². The fraction of sp³-hybridized carbons (Fsp3) is 0.278. The highest BCUT2D eigenvalue weighted by Gasteiger charge is 2.11. The van der Waals surface area contributed by atoms with E-state index >= 15 is 0 Å². The Kier molecular flexibility index (Phi) is 9.84. The van der Waals surface area contributed by atoms with Gasteiger partial charge < -0.3 is 24.4 Å². The first kappa shape index (κ1) is 22.4.